The first-order chi connectivity index (χ1) is 3.35. The van der Waals surface area contributed by atoms with Crippen LogP contribution in [-0.4, -0.2) is 23.4 Å². The summed E-state index contributed by atoms with van der Waals surface area (Å²) in [5.74, 6) is 0.0972. The molecule has 0 saturated heterocycles. The predicted octanol–water partition coefficient (Wildman–Crippen LogP) is -0.00280. The third kappa shape index (κ3) is 2.60. The first-order valence-electron chi connectivity index (χ1n) is 2.56. The van der Waals surface area contributed by atoms with Crippen molar-refractivity contribution in [3.63, 3.8) is 0 Å². The molecule has 0 rings (SSSR count). The van der Waals surface area contributed by atoms with E-state index in [1.165, 1.54) is 0 Å². The molecule has 0 radical (unpaired) electrons. The third-order valence-corrected chi connectivity index (χ3v) is 1.09. The Morgan fingerprint density at radius 3 is 1.71 bits per heavy atom. The van der Waals surface area contributed by atoms with Crippen LogP contribution in [0.15, 0.2) is 0 Å². The summed E-state index contributed by atoms with van der Waals surface area (Å²) in [5.41, 5.74) is 0. The zero-order chi connectivity index (χ0) is 5.70. The first-order valence-corrected chi connectivity index (χ1v) is 2.56. The van der Waals surface area contributed by atoms with Crippen LogP contribution >= 0.6 is 0 Å². The lowest BCUT2D eigenvalue weighted by Gasteiger charge is -2.03. The molecule has 0 spiro atoms. The normalized spacial score (nSPS) is 10.3. The average molecular weight is 104 g/mol. The second-order valence-corrected chi connectivity index (χ2v) is 1.64. The first kappa shape index (κ1) is 6.92. The molecular weight excluding hydrogens is 92.1 g/mol. The lowest BCUT2D eigenvalue weighted by Crippen LogP contribution is -2.08. The smallest absolute Gasteiger partial charge is 0.0481 e. The molecule has 0 bridgehead atoms. The summed E-state index contributed by atoms with van der Waals surface area (Å²) in [7, 11) is 0. The molecule has 44 valence electrons. The molecule has 0 heterocycles. The lowest BCUT2D eigenvalue weighted by atomic mass is 10.1. The summed E-state index contributed by atoms with van der Waals surface area (Å²) in [6.45, 7) is 2.15. The van der Waals surface area contributed by atoms with E-state index < -0.39 is 0 Å². The van der Waals surface area contributed by atoms with E-state index in [2.05, 4.69) is 0 Å². The van der Waals surface area contributed by atoms with E-state index in [-0.39, 0.29) is 19.1 Å². The number of aliphatic hydroxyl groups excluding tert-OH is 2. The van der Waals surface area contributed by atoms with Crippen molar-refractivity contribution in [2.45, 2.75) is 13.3 Å². The molecule has 7 heavy (non-hydrogen) atoms. The fraction of sp³-hybridized carbons (Fsp3) is 1.00. The van der Waals surface area contributed by atoms with E-state index in [1.54, 1.807) is 0 Å². The van der Waals surface area contributed by atoms with Crippen LogP contribution in [0.2, 0.25) is 0 Å². The lowest BCUT2D eigenvalue weighted by molar-refractivity contribution is 0.147. The topological polar surface area (TPSA) is 40.5 Å². The highest BCUT2D eigenvalue weighted by atomic mass is 16.3. The zero-order valence-corrected chi connectivity index (χ0v) is 4.59. The van der Waals surface area contributed by atoms with Crippen LogP contribution in [0.25, 0.3) is 0 Å². The van der Waals surface area contributed by atoms with Gasteiger partial charge in [0.25, 0.3) is 0 Å². The monoisotopic (exact) mass is 104 g/mol. The molecule has 0 saturated carbocycles. The fourth-order valence-electron chi connectivity index (χ4n) is 0.316. The van der Waals surface area contributed by atoms with Crippen molar-refractivity contribution in [2.24, 2.45) is 5.92 Å². The molecule has 0 fully saturated rings. The van der Waals surface area contributed by atoms with Crippen LogP contribution in [0, 0.1) is 5.92 Å². The van der Waals surface area contributed by atoms with Gasteiger partial charge in [-0.15, -0.1) is 0 Å². The van der Waals surface area contributed by atoms with Crippen LogP contribution in [0.1, 0.15) is 13.3 Å². The summed E-state index contributed by atoms with van der Waals surface area (Å²) in [5, 5.41) is 16.7. The van der Waals surface area contributed by atoms with Crippen LogP contribution in [-0.2, 0) is 0 Å². The Hall–Kier alpha value is -0.0800. The van der Waals surface area contributed by atoms with Gasteiger partial charge in [-0.3, -0.25) is 0 Å². The molecule has 0 aromatic heterocycles. The Kier molecular flexibility index (Phi) is 4.04. The molecule has 0 aromatic rings. The van der Waals surface area contributed by atoms with Gasteiger partial charge in [-0.1, -0.05) is 6.92 Å². The summed E-state index contributed by atoms with van der Waals surface area (Å²) in [4.78, 5) is 0. The molecule has 2 heteroatoms. The maximum atomic E-state index is 8.37. The largest absolute Gasteiger partial charge is 0.396 e. The van der Waals surface area contributed by atoms with E-state index in [0.29, 0.717) is 0 Å². The number of aliphatic hydroxyl groups is 2. The predicted molar refractivity (Wildman–Crippen MR) is 28.0 cm³/mol. The van der Waals surface area contributed by atoms with E-state index in [9.17, 15) is 0 Å². The summed E-state index contributed by atoms with van der Waals surface area (Å²) >= 11 is 0. The van der Waals surface area contributed by atoms with Gasteiger partial charge in [-0.05, 0) is 6.42 Å². The van der Waals surface area contributed by atoms with Gasteiger partial charge in [0.1, 0.15) is 0 Å². The number of hydrogen-bond acceptors (Lipinski definition) is 2. The highest BCUT2D eigenvalue weighted by Gasteiger charge is 1.98. The number of rotatable bonds is 3. The van der Waals surface area contributed by atoms with Crippen molar-refractivity contribution in [1.29, 1.82) is 0 Å². The van der Waals surface area contributed by atoms with Gasteiger partial charge in [-0.25, -0.2) is 0 Å². The minimum atomic E-state index is 0.0972. The maximum Gasteiger partial charge on any atom is 0.0481 e. The fourth-order valence-corrected chi connectivity index (χ4v) is 0.316. The molecule has 2 nitrogen and oxygen atoms in total. The highest BCUT2D eigenvalue weighted by molar-refractivity contribution is 4.49. The van der Waals surface area contributed by atoms with Crippen LogP contribution in [0.4, 0.5) is 0 Å². The maximum absolute atomic E-state index is 8.37. The van der Waals surface area contributed by atoms with Gasteiger partial charge in [0, 0.05) is 19.1 Å². The standard InChI is InChI=1S/C5H12O2/c1-2-5(3-6)4-7/h5-7H,2-4H2,1H3. The van der Waals surface area contributed by atoms with Crippen molar-refractivity contribution in [1.82, 2.24) is 0 Å². The van der Waals surface area contributed by atoms with Crippen LogP contribution in [0.5, 0.6) is 0 Å². The highest BCUT2D eigenvalue weighted by Crippen LogP contribution is 1.96. The van der Waals surface area contributed by atoms with Crippen molar-refractivity contribution in [3.8, 4) is 0 Å². The van der Waals surface area contributed by atoms with Crippen molar-refractivity contribution in [3.05, 3.63) is 0 Å². The second kappa shape index (κ2) is 4.09. The summed E-state index contributed by atoms with van der Waals surface area (Å²) in [6.07, 6.45) is 0.854. The number of hydrogen-bond donors (Lipinski definition) is 2. The Morgan fingerprint density at radius 1 is 1.29 bits per heavy atom. The second-order valence-electron chi connectivity index (χ2n) is 1.64. The third-order valence-electron chi connectivity index (χ3n) is 1.09. The molecular formula is C5H12O2. The van der Waals surface area contributed by atoms with Crippen molar-refractivity contribution >= 4 is 0 Å². The minimum Gasteiger partial charge on any atom is -0.396 e. The molecule has 0 aliphatic rings. The van der Waals surface area contributed by atoms with Gasteiger partial charge >= 0.3 is 0 Å². The van der Waals surface area contributed by atoms with Crippen molar-refractivity contribution < 1.29 is 10.2 Å². The molecule has 0 unspecified atom stereocenters. The minimum absolute atomic E-state index is 0.0972. The van der Waals surface area contributed by atoms with Gasteiger partial charge in [0.2, 0.25) is 0 Å². The van der Waals surface area contributed by atoms with Gasteiger partial charge in [0.05, 0.1) is 0 Å². The summed E-state index contributed by atoms with van der Waals surface area (Å²) < 4.78 is 0. The van der Waals surface area contributed by atoms with Crippen LogP contribution < -0.4 is 0 Å². The van der Waals surface area contributed by atoms with E-state index >= 15 is 0 Å². The SMILES string of the molecule is CCC(CO)CO. The Bertz CT molecular complexity index is 27.6. The Balaban J connectivity index is 2.99. The quantitative estimate of drug-likeness (QED) is 0.529. The van der Waals surface area contributed by atoms with Crippen LogP contribution in [0.3, 0.4) is 0 Å². The van der Waals surface area contributed by atoms with Gasteiger partial charge in [0.15, 0.2) is 0 Å². The van der Waals surface area contributed by atoms with E-state index in [4.69, 9.17) is 10.2 Å². The molecule has 0 atom stereocenters. The average Bonchev–Trinajstić information content (AvgIpc) is 1.72. The molecule has 0 aromatic carbocycles. The van der Waals surface area contributed by atoms with Crippen molar-refractivity contribution in [2.75, 3.05) is 13.2 Å². The molecule has 0 aliphatic heterocycles. The molecule has 0 amide bonds. The van der Waals surface area contributed by atoms with E-state index in [1.807, 2.05) is 6.92 Å². The Morgan fingerprint density at radius 2 is 1.71 bits per heavy atom. The summed E-state index contributed by atoms with van der Waals surface area (Å²) in [6, 6.07) is 0. The molecule has 2 N–H and O–H groups in total. The van der Waals surface area contributed by atoms with Gasteiger partial charge < -0.3 is 10.2 Å². The molecule has 0 aliphatic carbocycles. The van der Waals surface area contributed by atoms with Gasteiger partial charge in [-0.2, -0.15) is 0 Å². The van der Waals surface area contributed by atoms with E-state index in [0.717, 1.165) is 6.42 Å². The zero-order valence-electron chi connectivity index (χ0n) is 4.59. The Labute approximate surface area is 43.8 Å².